The molecule has 0 saturated heterocycles. The normalized spacial score (nSPS) is 15.1. The summed E-state index contributed by atoms with van der Waals surface area (Å²) in [6, 6.07) is 0. The second-order valence-electron chi connectivity index (χ2n) is 5.32. The predicted molar refractivity (Wildman–Crippen MR) is 61.9 cm³/mol. The number of carbonyl (C=O) groups is 2. The van der Waals surface area contributed by atoms with Gasteiger partial charge in [-0.3, -0.25) is 4.79 Å². The van der Waals surface area contributed by atoms with Crippen LogP contribution in [0, 0.1) is 0 Å². The van der Waals surface area contributed by atoms with Crippen LogP contribution in [-0.4, -0.2) is 54.6 Å². The second-order valence-corrected chi connectivity index (χ2v) is 5.32. The van der Waals surface area contributed by atoms with Gasteiger partial charge < -0.3 is 19.5 Å². The molecule has 0 fully saturated rings. The number of ketones is 1. The summed E-state index contributed by atoms with van der Waals surface area (Å²) in [6.07, 6.45) is -0.328. The van der Waals surface area contributed by atoms with Crippen LogP contribution in [0.3, 0.4) is 0 Å². The Balaban J connectivity index is 5.16. The molecule has 0 bridgehead atoms. The molecule has 1 N–H and O–H groups in total. The number of rotatable bonds is 7. The Morgan fingerprint density at radius 2 is 1.82 bits per heavy atom. The van der Waals surface area contributed by atoms with Crippen molar-refractivity contribution in [1.29, 1.82) is 0 Å². The van der Waals surface area contributed by atoms with Crippen molar-refractivity contribution in [3.63, 3.8) is 0 Å². The molecule has 0 amide bonds. The highest BCUT2D eigenvalue weighted by Gasteiger charge is 2.41. The summed E-state index contributed by atoms with van der Waals surface area (Å²) >= 11 is 0. The molecule has 0 heterocycles. The highest BCUT2D eigenvalue weighted by molar-refractivity contribution is 6.02. The number of quaternary nitrogens is 1. The van der Waals surface area contributed by atoms with Crippen molar-refractivity contribution in [2.24, 2.45) is 0 Å². The van der Waals surface area contributed by atoms with E-state index in [1.165, 1.54) is 0 Å². The summed E-state index contributed by atoms with van der Waals surface area (Å²) in [5, 5.41) is 20.9. The molecule has 1 unspecified atom stereocenters. The molecule has 0 aliphatic carbocycles. The number of aliphatic carboxylic acids is 1. The molecule has 0 saturated carbocycles. The van der Waals surface area contributed by atoms with Gasteiger partial charge in [0, 0.05) is 12.4 Å². The maximum Gasteiger partial charge on any atom is 0.195 e. The molecular weight excluding hydrogens is 222 g/mol. The molecule has 0 spiro atoms. The van der Waals surface area contributed by atoms with Crippen LogP contribution in [0.2, 0.25) is 0 Å². The Morgan fingerprint density at radius 3 is 2.12 bits per heavy atom. The summed E-state index contributed by atoms with van der Waals surface area (Å²) in [4.78, 5) is 22.6. The molecule has 0 aliphatic heterocycles. The minimum Gasteiger partial charge on any atom is -0.550 e. The number of Topliss-reactive ketones (excluding diaryl/α,β-unsaturated/α-hetero) is 1. The van der Waals surface area contributed by atoms with Crippen LogP contribution in [0.5, 0.6) is 0 Å². The molecule has 0 aliphatic rings. The average molecular weight is 243 g/mol. The lowest BCUT2D eigenvalue weighted by molar-refractivity contribution is -0.875. The number of carbonyl (C=O) groups excluding carboxylic acids is 2. The number of hydrogen-bond acceptors (Lipinski definition) is 4. The monoisotopic (exact) mass is 243 g/mol. The minimum absolute atomic E-state index is 0.00116. The van der Waals surface area contributed by atoms with E-state index in [1.54, 1.807) is 28.1 Å². The highest BCUT2D eigenvalue weighted by Crippen LogP contribution is 2.20. The van der Waals surface area contributed by atoms with E-state index < -0.39 is 23.8 Å². The number of carboxylic acid groups (broad SMARTS) is 1. The molecule has 0 aromatic carbocycles. The molecular formula is C12H21NO4. The largest absolute Gasteiger partial charge is 0.550 e. The fraction of sp³-hybridized carbons (Fsp3) is 0.667. The summed E-state index contributed by atoms with van der Waals surface area (Å²) < 4.78 is 0.270. The predicted octanol–water partition coefficient (Wildman–Crippen LogP) is -0.901. The first kappa shape index (κ1) is 15.8. The first-order chi connectivity index (χ1) is 7.52. The van der Waals surface area contributed by atoms with Crippen LogP contribution in [0.4, 0.5) is 0 Å². The van der Waals surface area contributed by atoms with E-state index in [0.29, 0.717) is 6.42 Å². The van der Waals surface area contributed by atoms with Gasteiger partial charge in [0.1, 0.15) is 6.54 Å². The lowest BCUT2D eigenvalue weighted by atomic mass is 9.88. The van der Waals surface area contributed by atoms with Gasteiger partial charge in [0.05, 0.1) is 21.1 Å². The second kappa shape index (κ2) is 5.42. The Hall–Kier alpha value is -1.20. The number of hydrogen-bond donors (Lipinski definition) is 1. The van der Waals surface area contributed by atoms with Gasteiger partial charge in [-0.25, -0.2) is 0 Å². The molecule has 5 nitrogen and oxygen atoms in total. The third kappa shape index (κ3) is 5.10. The molecule has 17 heavy (non-hydrogen) atoms. The lowest BCUT2D eigenvalue weighted by Crippen LogP contribution is -2.56. The maximum absolute atomic E-state index is 12.0. The molecule has 1 atom stereocenters. The van der Waals surface area contributed by atoms with Crippen molar-refractivity contribution in [2.45, 2.75) is 25.4 Å². The summed E-state index contributed by atoms with van der Waals surface area (Å²) in [7, 11) is 5.30. The first-order valence-corrected chi connectivity index (χ1v) is 5.47. The number of carboxylic acids is 1. The minimum atomic E-state index is -1.94. The van der Waals surface area contributed by atoms with Gasteiger partial charge in [-0.1, -0.05) is 13.5 Å². The third-order valence-corrected chi connectivity index (χ3v) is 2.34. The van der Waals surface area contributed by atoms with Gasteiger partial charge in [0.2, 0.25) is 0 Å². The van der Waals surface area contributed by atoms with E-state index in [9.17, 15) is 19.8 Å². The van der Waals surface area contributed by atoms with Crippen LogP contribution in [0.25, 0.3) is 0 Å². The van der Waals surface area contributed by atoms with Crippen molar-refractivity contribution in [2.75, 3.05) is 27.7 Å². The fourth-order valence-corrected chi connectivity index (χ4v) is 1.72. The zero-order valence-electron chi connectivity index (χ0n) is 10.9. The summed E-state index contributed by atoms with van der Waals surface area (Å²) in [6.45, 7) is 5.27. The van der Waals surface area contributed by atoms with Crippen LogP contribution in [-0.2, 0) is 9.59 Å². The Kier molecular flexibility index (Phi) is 5.04. The topological polar surface area (TPSA) is 77.4 Å². The van der Waals surface area contributed by atoms with Crippen LogP contribution < -0.4 is 5.11 Å². The summed E-state index contributed by atoms with van der Waals surface area (Å²) in [5.41, 5.74) is -1.72. The van der Waals surface area contributed by atoms with Gasteiger partial charge in [-0.2, -0.15) is 0 Å². The van der Waals surface area contributed by atoms with Gasteiger partial charge in [0.15, 0.2) is 11.4 Å². The summed E-state index contributed by atoms with van der Waals surface area (Å²) in [5.74, 6) is -2.06. The van der Waals surface area contributed by atoms with E-state index >= 15 is 0 Å². The van der Waals surface area contributed by atoms with Gasteiger partial charge in [0.25, 0.3) is 0 Å². The molecule has 0 radical (unpaired) electrons. The van der Waals surface area contributed by atoms with Crippen molar-refractivity contribution >= 4 is 11.8 Å². The molecule has 0 rings (SSSR count). The molecule has 0 aromatic heterocycles. The van der Waals surface area contributed by atoms with Gasteiger partial charge in [-0.15, -0.1) is 0 Å². The van der Waals surface area contributed by atoms with Crippen molar-refractivity contribution in [3.05, 3.63) is 12.2 Å². The number of nitrogens with zero attached hydrogens (tertiary/aromatic N) is 1. The zero-order valence-corrected chi connectivity index (χ0v) is 10.9. The standard InChI is InChI=1S/C12H21NO4/c1-6-9(2)11(16)12(17,7-10(14)15)8-13(3,4)5/h17H,2,6-8H2,1,3-5H3. The van der Waals surface area contributed by atoms with E-state index in [4.69, 9.17) is 0 Å². The van der Waals surface area contributed by atoms with Crippen LogP contribution >= 0.6 is 0 Å². The molecule has 0 aromatic rings. The van der Waals surface area contributed by atoms with Crippen molar-refractivity contribution in [1.82, 2.24) is 0 Å². The SMILES string of the molecule is C=C(CC)C(=O)C(O)(CC(=O)[O-])C[N+](C)(C)C. The first-order valence-electron chi connectivity index (χ1n) is 5.47. The molecule has 5 heteroatoms. The van der Waals surface area contributed by atoms with Crippen LogP contribution in [0.1, 0.15) is 19.8 Å². The van der Waals surface area contributed by atoms with Crippen molar-refractivity contribution < 1.29 is 24.3 Å². The van der Waals surface area contributed by atoms with Gasteiger partial charge >= 0.3 is 0 Å². The van der Waals surface area contributed by atoms with E-state index in [2.05, 4.69) is 6.58 Å². The highest BCUT2D eigenvalue weighted by atomic mass is 16.4. The zero-order chi connectivity index (χ0) is 13.9. The van der Waals surface area contributed by atoms with E-state index in [0.717, 1.165) is 0 Å². The van der Waals surface area contributed by atoms with E-state index in [-0.39, 0.29) is 16.6 Å². The van der Waals surface area contributed by atoms with Crippen molar-refractivity contribution in [3.8, 4) is 0 Å². The average Bonchev–Trinajstić information content (AvgIpc) is 2.10. The number of aliphatic hydroxyl groups is 1. The van der Waals surface area contributed by atoms with Gasteiger partial charge in [-0.05, 0) is 12.0 Å². The third-order valence-electron chi connectivity index (χ3n) is 2.34. The maximum atomic E-state index is 12.0. The van der Waals surface area contributed by atoms with Crippen LogP contribution in [0.15, 0.2) is 12.2 Å². The number of likely N-dealkylation sites (N-methyl/N-ethyl adjacent to an activating group) is 1. The van der Waals surface area contributed by atoms with E-state index in [1.807, 2.05) is 0 Å². The Morgan fingerprint density at radius 1 is 1.35 bits per heavy atom. The quantitative estimate of drug-likeness (QED) is 0.464. The smallest absolute Gasteiger partial charge is 0.195 e. The fourth-order valence-electron chi connectivity index (χ4n) is 1.72. The Bertz CT molecular complexity index is 330. The Labute approximate surface area is 102 Å². The lowest BCUT2D eigenvalue weighted by Gasteiger charge is -2.35. The molecule has 98 valence electrons.